The highest BCUT2D eigenvalue weighted by molar-refractivity contribution is 14.0. The van der Waals surface area contributed by atoms with Crippen LogP contribution >= 0.6 is 24.0 Å². The molecule has 2 rings (SSSR count). The molecule has 1 aliphatic carbocycles. The molecule has 25 heavy (non-hydrogen) atoms. The van der Waals surface area contributed by atoms with Gasteiger partial charge in [0.2, 0.25) is 0 Å². The van der Waals surface area contributed by atoms with Crippen LogP contribution in [-0.2, 0) is 6.54 Å². The molecule has 0 aromatic heterocycles. The quantitative estimate of drug-likeness (QED) is 0.384. The summed E-state index contributed by atoms with van der Waals surface area (Å²) in [5.74, 6) is 0.892. The third kappa shape index (κ3) is 8.15. The van der Waals surface area contributed by atoms with Crippen molar-refractivity contribution in [3.8, 4) is 5.75 Å². The van der Waals surface area contributed by atoms with Gasteiger partial charge in [-0.05, 0) is 18.9 Å². The van der Waals surface area contributed by atoms with E-state index in [1.165, 1.54) is 19.3 Å². The maximum absolute atomic E-state index is 12.3. The molecule has 142 valence electrons. The molecule has 0 heterocycles. The number of para-hydroxylation sites is 1. The van der Waals surface area contributed by atoms with E-state index >= 15 is 0 Å². The SMILES string of the molecule is CN=C(NCc1ccccc1OCC(F)(F)F)NC1CCCCC1.I. The van der Waals surface area contributed by atoms with Crippen LogP contribution in [-0.4, -0.2) is 31.8 Å². The average Bonchev–Trinajstić information content (AvgIpc) is 2.57. The molecule has 0 bridgehead atoms. The minimum Gasteiger partial charge on any atom is -0.484 e. The molecule has 4 nitrogen and oxygen atoms in total. The summed E-state index contributed by atoms with van der Waals surface area (Å²) >= 11 is 0. The fourth-order valence-corrected chi connectivity index (χ4v) is 2.76. The number of ether oxygens (including phenoxy) is 1. The lowest BCUT2D eigenvalue weighted by Gasteiger charge is -2.25. The monoisotopic (exact) mass is 471 g/mol. The highest BCUT2D eigenvalue weighted by Gasteiger charge is 2.28. The van der Waals surface area contributed by atoms with Crippen molar-refractivity contribution in [1.82, 2.24) is 10.6 Å². The van der Waals surface area contributed by atoms with Gasteiger partial charge in [0.1, 0.15) is 5.75 Å². The second kappa shape index (κ2) is 10.7. The van der Waals surface area contributed by atoms with Gasteiger partial charge in [0, 0.05) is 25.2 Å². The van der Waals surface area contributed by atoms with Gasteiger partial charge < -0.3 is 15.4 Å². The van der Waals surface area contributed by atoms with Crippen molar-refractivity contribution in [3.05, 3.63) is 29.8 Å². The van der Waals surface area contributed by atoms with Crippen LogP contribution in [0.1, 0.15) is 37.7 Å². The van der Waals surface area contributed by atoms with Crippen LogP contribution in [0.25, 0.3) is 0 Å². The highest BCUT2D eigenvalue weighted by Crippen LogP contribution is 2.22. The van der Waals surface area contributed by atoms with E-state index in [2.05, 4.69) is 15.6 Å². The third-order valence-corrected chi connectivity index (χ3v) is 3.98. The van der Waals surface area contributed by atoms with Crippen LogP contribution in [0, 0.1) is 0 Å². The molecule has 1 aliphatic rings. The summed E-state index contributed by atoms with van der Waals surface area (Å²) in [6.07, 6.45) is 1.58. The first-order chi connectivity index (χ1) is 11.5. The van der Waals surface area contributed by atoms with Gasteiger partial charge in [-0.3, -0.25) is 4.99 Å². The number of hydrogen-bond donors (Lipinski definition) is 2. The predicted octanol–water partition coefficient (Wildman–Crippen LogP) is 4.24. The van der Waals surface area contributed by atoms with Gasteiger partial charge in [0.05, 0.1) is 0 Å². The van der Waals surface area contributed by atoms with Crippen molar-refractivity contribution in [2.45, 2.75) is 50.9 Å². The van der Waals surface area contributed by atoms with Crippen molar-refractivity contribution >= 4 is 29.9 Å². The topological polar surface area (TPSA) is 45.7 Å². The van der Waals surface area contributed by atoms with Crippen molar-refractivity contribution in [2.75, 3.05) is 13.7 Å². The molecule has 0 spiro atoms. The molecule has 2 N–H and O–H groups in total. The van der Waals surface area contributed by atoms with Gasteiger partial charge >= 0.3 is 6.18 Å². The van der Waals surface area contributed by atoms with E-state index in [0.717, 1.165) is 12.8 Å². The number of nitrogens with one attached hydrogen (secondary N) is 2. The van der Waals surface area contributed by atoms with Gasteiger partial charge in [-0.25, -0.2) is 0 Å². The van der Waals surface area contributed by atoms with Crippen molar-refractivity contribution < 1.29 is 17.9 Å². The molecule has 1 aromatic rings. The largest absolute Gasteiger partial charge is 0.484 e. The Morgan fingerprint density at radius 1 is 1.20 bits per heavy atom. The summed E-state index contributed by atoms with van der Waals surface area (Å²) in [4.78, 5) is 4.19. The maximum Gasteiger partial charge on any atom is 0.422 e. The Balaban J connectivity index is 0.00000312. The zero-order chi connectivity index (χ0) is 17.4. The Morgan fingerprint density at radius 2 is 1.88 bits per heavy atom. The van der Waals surface area contributed by atoms with Crippen LogP contribution in [0.5, 0.6) is 5.75 Å². The first kappa shape index (κ1) is 21.9. The first-order valence-corrected chi connectivity index (χ1v) is 8.22. The molecule has 0 aliphatic heterocycles. The molecule has 0 unspecified atom stereocenters. The predicted molar refractivity (Wildman–Crippen MR) is 104 cm³/mol. The lowest BCUT2D eigenvalue weighted by molar-refractivity contribution is -0.153. The zero-order valence-corrected chi connectivity index (χ0v) is 16.6. The number of nitrogens with zero attached hydrogens (tertiary/aromatic N) is 1. The zero-order valence-electron chi connectivity index (χ0n) is 14.2. The van der Waals surface area contributed by atoms with Crippen LogP contribution in [0.2, 0.25) is 0 Å². The molecule has 0 amide bonds. The van der Waals surface area contributed by atoms with E-state index in [1.54, 1.807) is 31.3 Å². The number of alkyl halides is 3. The van der Waals surface area contributed by atoms with Gasteiger partial charge in [0.15, 0.2) is 12.6 Å². The van der Waals surface area contributed by atoms with E-state index < -0.39 is 12.8 Å². The molecule has 0 radical (unpaired) electrons. The van der Waals surface area contributed by atoms with Crippen LogP contribution in [0.4, 0.5) is 13.2 Å². The smallest absolute Gasteiger partial charge is 0.422 e. The molecule has 0 saturated heterocycles. The third-order valence-electron chi connectivity index (χ3n) is 3.98. The summed E-state index contributed by atoms with van der Waals surface area (Å²) in [5.41, 5.74) is 0.661. The minimum atomic E-state index is -4.35. The fraction of sp³-hybridized carbons (Fsp3) is 0.588. The summed E-state index contributed by atoms with van der Waals surface area (Å²) < 4.78 is 41.9. The second-order valence-corrected chi connectivity index (χ2v) is 5.92. The van der Waals surface area contributed by atoms with E-state index in [-0.39, 0.29) is 29.7 Å². The maximum atomic E-state index is 12.3. The molecule has 1 fully saturated rings. The van der Waals surface area contributed by atoms with Crippen molar-refractivity contribution in [2.24, 2.45) is 4.99 Å². The summed E-state index contributed by atoms with van der Waals surface area (Å²) in [6.45, 7) is -0.945. The molecule has 1 saturated carbocycles. The molecule has 1 aromatic carbocycles. The lowest BCUT2D eigenvalue weighted by Crippen LogP contribution is -2.43. The van der Waals surface area contributed by atoms with Gasteiger partial charge in [-0.15, -0.1) is 24.0 Å². The second-order valence-electron chi connectivity index (χ2n) is 5.92. The number of hydrogen-bond acceptors (Lipinski definition) is 2. The number of halogens is 4. The Labute approximate surface area is 163 Å². The standard InChI is InChI=1S/C17H24F3N3O.HI/c1-21-16(23-14-8-3-2-4-9-14)22-11-13-7-5-6-10-15(13)24-12-17(18,19)20;/h5-7,10,14H,2-4,8-9,11-12H2,1H3,(H2,21,22,23);1H. The van der Waals surface area contributed by atoms with Crippen LogP contribution in [0.15, 0.2) is 29.3 Å². The summed E-state index contributed by atoms with van der Waals surface area (Å²) in [7, 11) is 1.68. The Bertz CT molecular complexity index is 546. The van der Waals surface area contributed by atoms with Crippen molar-refractivity contribution in [3.63, 3.8) is 0 Å². The molecular formula is C17H25F3IN3O. The average molecular weight is 471 g/mol. The number of benzene rings is 1. The van der Waals surface area contributed by atoms with Crippen LogP contribution < -0.4 is 15.4 Å². The number of guanidine groups is 1. The highest BCUT2D eigenvalue weighted by atomic mass is 127. The van der Waals surface area contributed by atoms with E-state index in [0.29, 0.717) is 24.1 Å². The molecular weight excluding hydrogens is 446 g/mol. The minimum absolute atomic E-state index is 0. The van der Waals surface area contributed by atoms with Crippen molar-refractivity contribution in [1.29, 1.82) is 0 Å². The van der Waals surface area contributed by atoms with Gasteiger partial charge in [-0.2, -0.15) is 13.2 Å². The normalized spacial score (nSPS) is 16.1. The van der Waals surface area contributed by atoms with Crippen LogP contribution in [0.3, 0.4) is 0 Å². The Morgan fingerprint density at radius 3 is 2.52 bits per heavy atom. The summed E-state index contributed by atoms with van der Waals surface area (Å²) in [6, 6.07) is 7.12. The van der Waals surface area contributed by atoms with E-state index in [4.69, 9.17) is 4.74 Å². The Kier molecular flexibility index (Phi) is 9.37. The summed E-state index contributed by atoms with van der Waals surface area (Å²) in [5, 5.41) is 6.52. The van der Waals surface area contributed by atoms with E-state index in [9.17, 15) is 13.2 Å². The lowest BCUT2D eigenvalue weighted by atomic mass is 9.96. The molecule has 0 atom stereocenters. The fourth-order valence-electron chi connectivity index (χ4n) is 2.76. The van der Waals surface area contributed by atoms with Gasteiger partial charge in [0.25, 0.3) is 0 Å². The number of rotatable bonds is 5. The van der Waals surface area contributed by atoms with E-state index in [1.807, 2.05) is 0 Å². The first-order valence-electron chi connectivity index (χ1n) is 8.22. The molecule has 8 heteroatoms. The Hall–Kier alpha value is -1.19. The van der Waals surface area contributed by atoms with Gasteiger partial charge in [-0.1, -0.05) is 37.5 Å². The number of aliphatic imine (C=N–C) groups is 1.